The quantitative estimate of drug-likeness (QED) is 0.713. The van der Waals surface area contributed by atoms with E-state index >= 15 is 0 Å². The van der Waals surface area contributed by atoms with Crippen LogP contribution >= 0.6 is 0 Å². The summed E-state index contributed by atoms with van der Waals surface area (Å²) in [6.45, 7) is 3.74. The zero-order valence-corrected chi connectivity index (χ0v) is 11.5. The minimum Gasteiger partial charge on any atom is -0.399 e. The molecule has 3 aromatic rings. The topological polar surface area (TPSA) is 55.9 Å². The molecule has 0 radical (unpaired) electrons. The van der Waals surface area contributed by atoms with Gasteiger partial charge in [-0.3, -0.25) is 0 Å². The highest BCUT2D eigenvalue weighted by Gasteiger charge is 2.06. The third-order valence-electron chi connectivity index (χ3n) is 3.36. The van der Waals surface area contributed by atoms with Gasteiger partial charge in [0.05, 0.1) is 23.9 Å². The number of aromatic nitrogens is 2. The average molecular weight is 266 g/mol. The highest BCUT2D eigenvalue weighted by molar-refractivity contribution is 5.75. The summed E-state index contributed by atoms with van der Waals surface area (Å²) in [5.74, 6) is 0. The maximum absolute atomic E-state index is 5.91. The van der Waals surface area contributed by atoms with Crippen molar-refractivity contribution in [1.82, 2.24) is 9.55 Å². The van der Waals surface area contributed by atoms with Crippen LogP contribution in [0.1, 0.15) is 12.5 Å². The van der Waals surface area contributed by atoms with E-state index in [1.807, 2.05) is 42.7 Å². The maximum Gasteiger partial charge on any atom is 0.0961 e. The van der Waals surface area contributed by atoms with Crippen LogP contribution in [-0.4, -0.2) is 16.1 Å². The van der Waals surface area contributed by atoms with Gasteiger partial charge in [0.1, 0.15) is 0 Å². The highest BCUT2D eigenvalue weighted by Crippen LogP contribution is 2.22. The Balaban J connectivity index is 2.00. The number of hydrogen-bond acceptors (Lipinski definition) is 3. The third kappa shape index (κ3) is 2.32. The van der Waals surface area contributed by atoms with Crippen molar-refractivity contribution in [2.45, 2.75) is 13.5 Å². The van der Waals surface area contributed by atoms with Crippen molar-refractivity contribution in [3.05, 3.63) is 54.4 Å². The Hall–Kier alpha value is -2.49. The Morgan fingerprint density at radius 1 is 1.20 bits per heavy atom. The van der Waals surface area contributed by atoms with Crippen molar-refractivity contribution in [2.24, 2.45) is 0 Å². The van der Waals surface area contributed by atoms with Gasteiger partial charge in [0, 0.05) is 17.9 Å². The number of imidazole rings is 1. The summed E-state index contributed by atoms with van der Waals surface area (Å²) >= 11 is 0. The normalized spacial score (nSPS) is 10.8. The van der Waals surface area contributed by atoms with Gasteiger partial charge < -0.3 is 15.6 Å². The van der Waals surface area contributed by atoms with E-state index in [2.05, 4.69) is 27.9 Å². The number of para-hydroxylation sites is 2. The van der Waals surface area contributed by atoms with Gasteiger partial charge in [-0.1, -0.05) is 12.1 Å². The molecule has 0 amide bonds. The Labute approximate surface area is 118 Å². The number of hydrogen-bond donors (Lipinski definition) is 2. The van der Waals surface area contributed by atoms with Crippen LogP contribution in [0.2, 0.25) is 0 Å². The number of nitrogen functional groups attached to an aromatic ring is 1. The summed E-state index contributed by atoms with van der Waals surface area (Å²) < 4.78 is 2.14. The number of anilines is 2. The zero-order chi connectivity index (χ0) is 13.9. The molecule has 0 bridgehead atoms. The van der Waals surface area contributed by atoms with Crippen LogP contribution in [0.25, 0.3) is 11.0 Å². The van der Waals surface area contributed by atoms with Gasteiger partial charge in [-0.25, -0.2) is 4.98 Å². The summed E-state index contributed by atoms with van der Waals surface area (Å²) in [7, 11) is 0. The second kappa shape index (κ2) is 5.25. The molecule has 0 aliphatic carbocycles. The molecule has 0 spiro atoms. The van der Waals surface area contributed by atoms with Crippen molar-refractivity contribution in [1.29, 1.82) is 0 Å². The summed E-state index contributed by atoms with van der Waals surface area (Å²) in [6, 6.07) is 14.1. The van der Waals surface area contributed by atoms with Gasteiger partial charge in [0.2, 0.25) is 0 Å². The predicted molar refractivity (Wildman–Crippen MR) is 83.9 cm³/mol. The zero-order valence-electron chi connectivity index (χ0n) is 11.5. The second-order valence-electron chi connectivity index (χ2n) is 4.81. The smallest absolute Gasteiger partial charge is 0.0961 e. The molecule has 0 atom stereocenters. The van der Waals surface area contributed by atoms with Crippen molar-refractivity contribution in [3.63, 3.8) is 0 Å². The molecule has 0 aliphatic heterocycles. The first-order valence-corrected chi connectivity index (χ1v) is 6.80. The third-order valence-corrected chi connectivity index (χ3v) is 3.36. The van der Waals surface area contributed by atoms with Crippen LogP contribution in [0, 0.1) is 0 Å². The fraction of sp³-hybridized carbons (Fsp3) is 0.188. The number of benzene rings is 2. The fourth-order valence-corrected chi connectivity index (χ4v) is 2.43. The molecular formula is C16H18N4. The van der Waals surface area contributed by atoms with E-state index in [4.69, 9.17) is 5.73 Å². The number of rotatable bonds is 4. The van der Waals surface area contributed by atoms with E-state index in [0.717, 1.165) is 35.5 Å². The summed E-state index contributed by atoms with van der Waals surface area (Å²) in [6.07, 6.45) is 1.88. The Kier molecular flexibility index (Phi) is 3.29. The molecule has 102 valence electrons. The molecule has 1 heterocycles. The van der Waals surface area contributed by atoms with Crippen LogP contribution in [0.4, 0.5) is 11.4 Å². The molecule has 20 heavy (non-hydrogen) atoms. The van der Waals surface area contributed by atoms with Crippen LogP contribution < -0.4 is 11.1 Å². The Bertz CT molecular complexity index is 730. The van der Waals surface area contributed by atoms with Crippen LogP contribution in [0.3, 0.4) is 0 Å². The van der Waals surface area contributed by atoms with Gasteiger partial charge in [-0.05, 0) is 42.8 Å². The van der Waals surface area contributed by atoms with Gasteiger partial charge in [-0.15, -0.1) is 0 Å². The molecule has 4 nitrogen and oxygen atoms in total. The van der Waals surface area contributed by atoms with E-state index in [-0.39, 0.29) is 0 Å². The average Bonchev–Trinajstić information content (AvgIpc) is 2.86. The monoisotopic (exact) mass is 266 g/mol. The molecule has 3 N–H and O–H groups in total. The van der Waals surface area contributed by atoms with Crippen molar-refractivity contribution in [2.75, 3.05) is 17.6 Å². The number of fused-ring (bicyclic) bond motifs is 1. The van der Waals surface area contributed by atoms with E-state index < -0.39 is 0 Å². The van der Waals surface area contributed by atoms with Crippen molar-refractivity contribution < 1.29 is 0 Å². The van der Waals surface area contributed by atoms with E-state index in [9.17, 15) is 0 Å². The molecule has 0 unspecified atom stereocenters. The number of nitrogens with zero attached hydrogens (tertiary/aromatic N) is 2. The molecule has 1 aromatic heterocycles. The Morgan fingerprint density at radius 2 is 2.05 bits per heavy atom. The summed E-state index contributed by atoms with van der Waals surface area (Å²) in [4.78, 5) is 4.42. The molecule has 0 fully saturated rings. The fourth-order valence-electron chi connectivity index (χ4n) is 2.43. The largest absolute Gasteiger partial charge is 0.399 e. The molecule has 4 heteroatoms. The summed E-state index contributed by atoms with van der Waals surface area (Å²) in [5.41, 5.74) is 11.1. The first-order chi connectivity index (χ1) is 9.78. The Morgan fingerprint density at radius 3 is 2.90 bits per heavy atom. The number of nitrogens with two attached hydrogens (primary N) is 1. The maximum atomic E-state index is 5.91. The molecular weight excluding hydrogens is 248 g/mol. The van der Waals surface area contributed by atoms with Gasteiger partial charge >= 0.3 is 0 Å². The highest BCUT2D eigenvalue weighted by atomic mass is 15.0. The minimum atomic E-state index is 0.758. The van der Waals surface area contributed by atoms with Crippen LogP contribution in [0.5, 0.6) is 0 Å². The van der Waals surface area contributed by atoms with Gasteiger partial charge in [-0.2, -0.15) is 0 Å². The lowest BCUT2D eigenvalue weighted by Gasteiger charge is -2.12. The number of nitrogens with one attached hydrogen (secondary N) is 1. The molecule has 0 saturated heterocycles. The molecule has 3 rings (SSSR count). The van der Waals surface area contributed by atoms with E-state index in [0.29, 0.717) is 0 Å². The SMILES string of the molecule is CCNc1ccc(N)cc1Cn1cnc2ccccc21. The van der Waals surface area contributed by atoms with E-state index in [1.54, 1.807) is 0 Å². The molecule has 0 aliphatic rings. The lowest BCUT2D eigenvalue weighted by atomic mass is 10.1. The standard InChI is InChI=1S/C16H18N4/c1-2-18-14-8-7-13(17)9-12(14)10-20-11-19-15-5-3-4-6-16(15)20/h3-9,11,18H,2,10,17H2,1H3. The first kappa shape index (κ1) is 12.5. The molecule has 2 aromatic carbocycles. The molecule has 0 saturated carbocycles. The van der Waals surface area contributed by atoms with Crippen LogP contribution in [0.15, 0.2) is 48.8 Å². The minimum absolute atomic E-state index is 0.758. The van der Waals surface area contributed by atoms with Gasteiger partial charge in [0.25, 0.3) is 0 Å². The second-order valence-corrected chi connectivity index (χ2v) is 4.81. The lowest BCUT2D eigenvalue weighted by Crippen LogP contribution is -2.05. The lowest BCUT2D eigenvalue weighted by molar-refractivity contribution is 0.825. The van der Waals surface area contributed by atoms with Crippen molar-refractivity contribution >= 4 is 22.4 Å². The van der Waals surface area contributed by atoms with Crippen molar-refractivity contribution in [3.8, 4) is 0 Å². The van der Waals surface area contributed by atoms with Crippen LogP contribution in [-0.2, 0) is 6.54 Å². The first-order valence-electron chi connectivity index (χ1n) is 6.80. The summed E-state index contributed by atoms with van der Waals surface area (Å²) in [5, 5.41) is 3.37. The van der Waals surface area contributed by atoms with Gasteiger partial charge in [0.15, 0.2) is 0 Å². The predicted octanol–water partition coefficient (Wildman–Crippen LogP) is 3.10. The van der Waals surface area contributed by atoms with E-state index in [1.165, 1.54) is 5.56 Å².